The highest BCUT2D eigenvalue weighted by Gasteiger charge is 2.14. The number of hydrogen-bond acceptors (Lipinski definition) is 6. The van der Waals surface area contributed by atoms with Crippen molar-refractivity contribution in [2.24, 2.45) is 0 Å². The van der Waals surface area contributed by atoms with E-state index in [0.717, 1.165) is 12.0 Å². The lowest BCUT2D eigenvalue weighted by Gasteiger charge is -2.09. The lowest BCUT2D eigenvalue weighted by Crippen LogP contribution is -2.14. The van der Waals surface area contributed by atoms with Gasteiger partial charge in [0.1, 0.15) is 19.0 Å². The van der Waals surface area contributed by atoms with Gasteiger partial charge in [-0.25, -0.2) is 0 Å². The molecule has 0 unspecified atom stereocenters. The van der Waals surface area contributed by atoms with Gasteiger partial charge in [-0.1, -0.05) is 24.6 Å². The maximum Gasteiger partial charge on any atom is 0.297 e. The second kappa shape index (κ2) is 11.5. The molecule has 158 valence electrons. The maximum atomic E-state index is 12.1. The molecule has 0 heterocycles. The Kier molecular flexibility index (Phi) is 9.11. The molecule has 2 aromatic carbocycles. The zero-order chi connectivity index (χ0) is 21.1. The minimum atomic E-state index is -3.80. The van der Waals surface area contributed by atoms with Crippen molar-refractivity contribution in [2.75, 3.05) is 31.7 Å². The van der Waals surface area contributed by atoms with Gasteiger partial charge in [-0.15, -0.1) is 0 Å². The molecule has 0 radical (unpaired) electrons. The number of nitrogens with one attached hydrogen (secondary N) is 1. The van der Waals surface area contributed by atoms with Crippen LogP contribution in [0, 0.1) is 6.92 Å². The molecule has 0 saturated heterocycles. The van der Waals surface area contributed by atoms with Gasteiger partial charge in [-0.05, 0) is 49.7 Å². The van der Waals surface area contributed by atoms with Gasteiger partial charge < -0.3 is 14.8 Å². The average molecular weight is 422 g/mol. The van der Waals surface area contributed by atoms with Crippen molar-refractivity contribution < 1.29 is 26.9 Å². The second-order valence-electron chi connectivity index (χ2n) is 6.37. The first kappa shape index (κ1) is 22.9. The zero-order valence-electron chi connectivity index (χ0n) is 16.7. The minimum Gasteiger partial charge on any atom is -0.491 e. The largest absolute Gasteiger partial charge is 0.491 e. The third-order valence-corrected chi connectivity index (χ3v) is 5.19. The standard InChI is InChI=1S/C21H27NO6S/c1-3-13-26-14-12-21(23)22-18-6-8-19(9-7-18)27-15-16-28-29(24,25)20-10-4-17(2)5-11-20/h4-11H,3,12-16H2,1-2H3,(H,22,23). The fourth-order valence-electron chi connectivity index (χ4n) is 2.35. The van der Waals surface area contributed by atoms with Gasteiger partial charge in [0, 0.05) is 12.3 Å². The molecule has 2 aromatic rings. The summed E-state index contributed by atoms with van der Waals surface area (Å²) in [6, 6.07) is 13.3. The highest BCUT2D eigenvalue weighted by molar-refractivity contribution is 7.86. The number of ether oxygens (including phenoxy) is 2. The van der Waals surface area contributed by atoms with Crippen molar-refractivity contribution in [1.82, 2.24) is 0 Å². The number of benzene rings is 2. The molecule has 29 heavy (non-hydrogen) atoms. The highest BCUT2D eigenvalue weighted by Crippen LogP contribution is 2.17. The highest BCUT2D eigenvalue weighted by atomic mass is 32.2. The zero-order valence-corrected chi connectivity index (χ0v) is 17.5. The molecule has 0 fully saturated rings. The molecule has 0 aliphatic heterocycles. The summed E-state index contributed by atoms with van der Waals surface area (Å²) in [4.78, 5) is 11.9. The summed E-state index contributed by atoms with van der Waals surface area (Å²) >= 11 is 0. The summed E-state index contributed by atoms with van der Waals surface area (Å²) in [5.74, 6) is 0.426. The van der Waals surface area contributed by atoms with E-state index in [2.05, 4.69) is 5.32 Å². The minimum absolute atomic E-state index is 0.0750. The summed E-state index contributed by atoms with van der Waals surface area (Å²) in [5.41, 5.74) is 1.62. The van der Waals surface area contributed by atoms with Crippen LogP contribution in [0.5, 0.6) is 5.75 Å². The Morgan fingerprint density at radius 3 is 2.28 bits per heavy atom. The monoisotopic (exact) mass is 421 g/mol. The predicted molar refractivity (Wildman–Crippen MR) is 111 cm³/mol. The molecule has 0 saturated carbocycles. The van der Waals surface area contributed by atoms with Gasteiger partial charge in [-0.2, -0.15) is 8.42 Å². The van der Waals surface area contributed by atoms with Crippen LogP contribution < -0.4 is 10.1 Å². The topological polar surface area (TPSA) is 90.9 Å². The lowest BCUT2D eigenvalue weighted by molar-refractivity contribution is -0.117. The van der Waals surface area contributed by atoms with Crippen LogP contribution in [0.2, 0.25) is 0 Å². The Balaban J connectivity index is 1.72. The molecular formula is C21H27NO6S. The number of rotatable bonds is 12. The van der Waals surface area contributed by atoms with Crippen molar-refractivity contribution in [1.29, 1.82) is 0 Å². The quantitative estimate of drug-likeness (QED) is 0.416. The van der Waals surface area contributed by atoms with Crippen molar-refractivity contribution in [3.63, 3.8) is 0 Å². The van der Waals surface area contributed by atoms with Crippen LogP contribution in [0.4, 0.5) is 5.69 Å². The maximum absolute atomic E-state index is 12.1. The van der Waals surface area contributed by atoms with Gasteiger partial charge in [0.2, 0.25) is 5.91 Å². The average Bonchev–Trinajstić information content (AvgIpc) is 2.70. The van der Waals surface area contributed by atoms with Gasteiger partial charge >= 0.3 is 0 Å². The number of anilines is 1. The van der Waals surface area contributed by atoms with Crippen molar-refractivity contribution in [2.45, 2.75) is 31.6 Å². The molecule has 8 heteroatoms. The SMILES string of the molecule is CCCOCCC(=O)Nc1ccc(OCCOS(=O)(=O)c2ccc(C)cc2)cc1. The smallest absolute Gasteiger partial charge is 0.297 e. The molecule has 0 bridgehead atoms. The Hall–Kier alpha value is -2.42. The summed E-state index contributed by atoms with van der Waals surface area (Å²) in [5, 5.41) is 2.78. The van der Waals surface area contributed by atoms with Gasteiger partial charge in [0.15, 0.2) is 0 Å². The fraction of sp³-hybridized carbons (Fsp3) is 0.381. The molecule has 0 atom stereocenters. The summed E-state index contributed by atoms with van der Waals surface area (Å²) < 4.78 is 39.9. The van der Waals surface area contributed by atoms with E-state index >= 15 is 0 Å². The Morgan fingerprint density at radius 2 is 1.62 bits per heavy atom. The summed E-state index contributed by atoms with van der Waals surface area (Å²) in [7, 11) is -3.80. The van der Waals surface area contributed by atoms with E-state index in [0.29, 0.717) is 31.1 Å². The molecule has 0 aliphatic carbocycles. The van der Waals surface area contributed by atoms with Crippen LogP contribution in [0.15, 0.2) is 53.4 Å². The normalized spacial score (nSPS) is 11.2. The second-order valence-corrected chi connectivity index (χ2v) is 7.99. The van der Waals surface area contributed by atoms with E-state index in [-0.39, 0.29) is 24.0 Å². The van der Waals surface area contributed by atoms with Gasteiger partial charge in [0.05, 0.1) is 17.9 Å². The van der Waals surface area contributed by atoms with Crippen LogP contribution in [-0.2, 0) is 23.8 Å². The Labute approximate surface area is 172 Å². The van der Waals surface area contributed by atoms with Crippen molar-refractivity contribution in [3.05, 3.63) is 54.1 Å². The third-order valence-electron chi connectivity index (χ3n) is 3.86. The van der Waals surface area contributed by atoms with Crippen molar-refractivity contribution in [3.8, 4) is 5.75 Å². The van der Waals surface area contributed by atoms with E-state index in [1.54, 1.807) is 36.4 Å². The fourth-order valence-corrected chi connectivity index (χ4v) is 3.24. The van der Waals surface area contributed by atoms with E-state index in [1.165, 1.54) is 12.1 Å². The first-order valence-electron chi connectivity index (χ1n) is 9.47. The van der Waals surface area contributed by atoms with Crippen LogP contribution in [0.25, 0.3) is 0 Å². The number of amides is 1. The molecule has 1 amide bonds. The molecular weight excluding hydrogens is 394 g/mol. The Morgan fingerprint density at radius 1 is 0.931 bits per heavy atom. The van der Waals surface area contributed by atoms with Gasteiger partial charge in [0.25, 0.3) is 10.1 Å². The molecule has 0 aromatic heterocycles. The van der Waals surface area contributed by atoms with E-state index in [4.69, 9.17) is 13.7 Å². The first-order chi connectivity index (χ1) is 13.9. The van der Waals surface area contributed by atoms with Crippen molar-refractivity contribution >= 4 is 21.7 Å². The molecule has 1 N–H and O–H groups in total. The number of hydrogen-bond donors (Lipinski definition) is 1. The number of carbonyl (C=O) groups excluding carboxylic acids is 1. The van der Waals surface area contributed by atoms with Crippen LogP contribution in [-0.4, -0.2) is 40.8 Å². The van der Waals surface area contributed by atoms with Crippen LogP contribution >= 0.6 is 0 Å². The molecule has 2 rings (SSSR count). The molecule has 0 aliphatic rings. The number of carbonyl (C=O) groups is 1. The van der Waals surface area contributed by atoms with Crippen LogP contribution in [0.1, 0.15) is 25.3 Å². The number of aryl methyl sites for hydroxylation is 1. The summed E-state index contributed by atoms with van der Waals surface area (Å²) in [6.07, 6.45) is 1.22. The summed E-state index contributed by atoms with van der Waals surface area (Å²) in [6.45, 7) is 4.91. The third kappa shape index (κ3) is 8.23. The Bertz CT molecular complexity index is 863. The molecule has 0 spiro atoms. The van der Waals surface area contributed by atoms with E-state index < -0.39 is 10.1 Å². The molecule has 7 nitrogen and oxygen atoms in total. The van der Waals surface area contributed by atoms with E-state index in [9.17, 15) is 13.2 Å². The lowest BCUT2D eigenvalue weighted by atomic mass is 10.2. The first-order valence-corrected chi connectivity index (χ1v) is 10.9. The van der Waals surface area contributed by atoms with E-state index in [1.807, 2.05) is 13.8 Å². The van der Waals surface area contributed by atoms with Crippen LogP contribution in [0.3, 0.4) is 0 Å². The predicted octanol–water partition coefficient (Wildman–Crippen LogP) is 3.53. The van der Waals surface area contributed by atoms with Gasteiger partial charge in [-0.3, -0.25) is 8.98 Å².